The summed E-state index contributed by atoms with van der Waals surface area (Å²) in [5.41, 5.74) is 0. The lowest BCUT2D eigenvalue weighted by molar-refractivity contribution is -0.150. The molecule has 0 saturated heterocycles. The number of carbonyl (C=O) groups is 2. The van der Waals surface area contributed by atoms with Crippen molar-refractivity contribution >= 4 is 11.9 Å². The van der Waals surface area contributed by atoms with Crippen molar-refractivity contribution in [3.8, 4) is 18.4 Å². The van der Waals surface area contributed by atoms with Crippen LogP contribution in [0.15, 0.2) is 0 Å². The van der Waals surface area contributed by atoms with Crippen LogP contribution in [0.1, 0.15) is 25.7 Å². The third-order valence-corrected chi connectivity index (χ3v) is 1.52. The van der Waals surface area contributed by atoms with Gasteiger partial charge in [-0.1, -0.05) is 5.92 Å². The molecule has 1 unspecified atom stereocenters. The highest BCUT2D eigenvalue weighted by atomic mass is 16.5. The van der Waals surface area contributed by atoms with Gasteiger partial charge in [0.15, 0.2) is 6.10 Å². The zero-order chi connectivity index (χ0) is 11.7. The summed E-state index contributed by atoms with van der Waals surface area (Å²) in [6, 6.07) is 1.87. The molecule has 0 aromatic carbocycles. The molecule has 0 fully saturated rings. The van der Waals surface area contributed by atoms with E-state index in [-0.39, 0.29) is 25.7 Å². The molecule has 0 saturated carbocycles. The summed E-state index contributed by atoms with van der Waals surface area (Å²) in [6.07, 6.45) is 4.29. The van der Waals surface area contributed by atoms with E-state index >= 15 is 0 Å². The third-order valence-electron chi connectivity index (χ3n) is 1.52. The number of aliphatic carboxylic acids is 1. The first-order chi connectivity index (χ1) is 7.10. The number of carboxylic acids is 1. The minimum absolute atomic E-state index is 0.196. The Labute approximate surface area is 87.6 Å². The largest absolute Gasteiger partial charge is 0.481 e. The van der Waals surface area contributed by atoms with Crippen molar-refractivity contribution in [3.05, 3.63) is 0 Å². The van der Waals surface area contributed by atoms with Crippen molar-refractivity contribution in [2.75, 3.05) is 0 Å². The first-order valence-electron chi connectivity index (χ1n) is 4.34. The normalized spacial score (nSPS) is 10.8. The van der Waals surface area contributed by atoms with Gasteiger partial charge in [-0.3, -0.25) is 9.59 Å². The first-order valence-corrected chi connectivity index (χ1v) is 4.34. The van der Waals surface area contributed by atoms with Crippen molar-refractivity contribution in [2.24, 2.45) is 0 Å². The van der Waals surface area contributed by atoms with Crippen molar-refractivity contribution in [3.63, 3.8) is 0 Å². The molecule has 0 aromatic heterocycles. The van der Waals surface area contributed by atoms with E-state index in [2.05, 4.69) is 5.92 Å². The fraction of sp³-hybridized carbons (Fsp3) is 0.500. The van der Waals surface area contributed by atoms with E-state index in [0.29, 0.717) is 0 Å². The fourth-order valence-electron chi connectivity index (χ4n) is 0.799. The predicted octanol–water partition coefficient (Wildman–Crippen LogP) is 0.700. The molecule has 1 N–H and O–H groups in total. The topological polar surface area (TPSA) is 87.4 Å². The van der Waals surface area contributed by atoms with Gasteiger partial charge in [0.2, 0.25) is 0 Å². The minimum Gasteiger partial charge on any atom is -0.481 e. The number of hydrogen-bond donors (Lipinski definition) is 1. The Hall–Kier alpha value is -2.01. The third kappa shape index (κ3) is 7.09. The van der Waals surface area contributed by atoms with Crippen LogP contribution in [0.5, 0.6) is 0 Å². The van der Waals surface area contributed by atoms with Gasteiger partial charge in [-0.05, 0) is 0 Å². The number of terminal acetylenes is 1. The number of carboxylic acid groups (broad SMARTS) is 1. The maximum Gasteiger partial charge on any atom is 0.307 e. The van der Waals surface area contributed by atoms with E-state index in [9.17, 15) is 9.59 Å². The summed E-state index contributed by atoms with van der Waals surface area (Å²) in [5.74, 6) is 0.491. The molecule has 0 spiro atoms. The number of rotatable bonds is 6. The average Bonchev–Trinajstić information content (AvgIpc) is 2.21. The Morgan fingerprint density at radius 3 is 2.60 bits per heavy atom. The van der Waals surface area contributed by atoms with Crippen LogP contribution in [0, 0.1) is 23.7 Å². The lowest BCUT2D eigenvalue weighted by Gasteiger charge is -2.09. The highest BCUT2D eigenvalue weighted by Gasteiger charge is 2.12. The quantitative estimate of drug-likeness (QED) is 0.514. The maximum absolute atomic E-state index is 11.0. The van der Waals surface area contributed by atoms with Gasteiger partial charge in [-0.2, -0.15) is 5.26 Å². The van der Waals surface area contributed by atoms with Crippen molar-refractivity contribution in [1.82, 2.24) is 0 Å². The Morgan fingerprint density at radius 2 is 2.13 bits per heavy atom. The van der Waals surface area contributed by atoms with E-state index in [4.69, 9.17) is 21.5 Å². The summed E-state index contributed by atoms with van der Waals surface area (Å²) in [7, 11) is 0. The minimum atomic E-state index is -1.07. The van der Waals surface area contributed by atoms with Gasteiger partial charge in [0.25, 0.3) is 0 Å². The van der Waals surface area contributed by atoms with Crippen LogP contribution in [0.4, 0.5) is 0 Å². The maximum atomic E-state index is 11.0. The highest BCUT2D eigenvalue weighted by molar-refractivity contribution is 5.76. The summed E-state index contributed by atoms with van der Waals surface area (Å²) in [4.78, 5) is 21.2. The van der Waals surface area contributed by atoms with E-state index in [1.807, 2.05) is 6.07 Å². The van der Waals surface area contributed by atoms with Crippen molar-refractivity contribution in [2.45, 2.75) is 31.8 Å². The Morgan fingerprint density at radius 1 is 1.47 bits per heavy atom. The predicted molar refractivity (Wildman–Crippen MR) is 50.4 cm³/mol. The van der Waals surface area contributed by atoms with E-state index in [1.165, 1.54) is 0 Å². The Bertz CT molecular complexity index is 310. The van der Waals surface area contributed by atoms with Crippen LogP contribution in [-0.2, 0) is 14.3 Å². The van der Waals surface area contributed by atoms with E-state index in [0.717, 1.165) is 0 Å². The van der Waals surface area contributed by atoms with Crippen molar-refractivity contribution < 1.29 is 19.4 Å². The van der Waals surface area contributed by atoms with Gasteiger partial charge in [0.05, 0.1) is 18.9 Å². The number of nitriles is 1. The Balaban J connectivity index is 3.87. The SMILES string of the molecule is C#CC(CCC#N)OC(=O)CCC(=O)O. The molecule has 80 valence electrons. The van der Waals surface area contributed by atoms with Crippen LogP contribution < -0.4 is 0 Å². The molecule has 0 aliphatic heterocycles. The smallest absolute Gasteiger partial charge is 0.307 e. The monoisotopic (exact) mass is 209 g/mol. The number of esters is 1. The second-order valence-corrected chi connectivity index (χ2v) is 2.74. The molecule has 0 radical (unpaired) electrons. The van der Waals surface area contributed by atoms with E-state index < -0.39 is 18.0 Å². The number of ether oxygens (including phenoxy) is 1. The van der Waals surface area contributed by atoms with E-state index in [1.54, 1.807) is 0 Å². The van der Waals surface area contributed by atoms with Gasteiger partial charge in [-0.15, -0.1) is 6.42 Å². The van der Waals surface area contributed by atoms with Crippen LogP contribution in [0.25, 0.3) is 0 Å². The number of carbonyl (C=O) groups excluding carboxylic acids is 1. The summed E-state index contributed by atoms with van der Waals surface area (Å²) < 4.78 is 4.76. The van der Waals surface area contributed by atoms with Gasteiger partial charge in [0.1, 0.15) is 0 Å². The second kappa shape index (κ2) is 7.40. The van der Waals surface area contributed by atoms with Crippen molar-refractivity contribution in [1.29, 1.82) is 5.26 Å². The first kappa shape index (κ1) is 13.0. The molecule has 5 nitrogen and oxygen atoms in total. The van der Waals surface area contributed by atoms with Gasteiger partial charge in [-0.25, -0.2) is 0 Å². The average molecular weight is 209 g/mol. The highest BCUT2D eigenvalue weighted by Crippen LogP contribution is 2.03. The molecule has 0 aliphatic carbocycles. The summed E-state index contributed by atoms with van der Waals surface area (Å²) in [6.45, 7) is 0. The standard InChI is InChI=1S/C10H11NO4/c1-2-8(4-3-7-11)15-10(14)6-5-9(12)13/h1,8H,3-6H2,(H,12,13). The number of nitrogens with zero attached hydrogens (tertiary/aromatic N) is 1. The molecule has 0 bridgehead atoms. The zero-order valence-electron chi connectivity index (χ0n) is 8.10. The molecule has 15 heavy (non-hydrogen) atoms. The fourth-order valence-corrected chi connectivity index (χ4v) is 0.799. The molecule has 5 heteroatoms. The summed E-state index contributed by atoms with van der Waals surface area (Å²) in [5, 5.41) is 16.6. The molecule has 0 heterocycles. The summed E-state index contributed by atoms with van der Waals surface area (Å²) >= 11 is 0. The van der Waals surface area contributed by atoms with Crippen LogP contribution in [-0.4, -0.2) is 23.1 Å². The molecule has 0 amide bonds. The molecule has 0 aromatic rings. The second-order valence-electron chi connectivity index (χ2n) is 2.74. The van der Waals surface area contributed by atoms with Crippen LogP contribution in [0.2, 0.25) is 0 Å². The van der Waals surface area contributed by atoms with Crippen LogP contribution >= 0.6 is 0 Å². The molecule has 0 rings (SSSR count). The van der Waals surface area contributed by atoms with Gasteiger partial charge >= 0.3 is 11.9 Å². The molecular formula is C10H11NO4. The lowest BCUT2D eigenvalue weighted by atomic mass is 10.2. The number of hydrogen-bond acceptors (Lipinski definition) is 4. The molecule has 0 aliphatic rings. The lowest BCUT2D eigenvalue weighted by Crippen LogP contribution is -2.17. The van der Waals surface area contributed by atoms with Gasteiger partial charge in [0, 0.05) is 12.8 Å². The van der Waals surface area contributed by atoms with Crippen LogP contribution in [0.3, 0.4) is 0 Å². The zero-order valence-corrected chi connectivity index (χ0v) is 8.10. The van der Waals surface area contributed by atoms with Gasteiger partial charge < -0.3 is 9.84 Å². The molecular weight excluding hydrogens is 198 g/mol. The Kier molecular flexibility index (Phi) is 6.41. The molecule has 1 atom stereocenters.